The SMILES string of the molecule is N=CN(N)CC(=O)[N]CCN(CC=C1[CH]C1)c1c(F)cc(N2C[C@H](CNC(=O)C(F)F)OC2=O)cc1F. The average molecular weight is 527 g/mol. The van der Waals surface area contributed by atoms with E-state index < -0.39 is 54.3 Å². The van der Waals surface area contributed by atoms with Gasteiger partial charge in [-0.3, -0.25) is 24.9 Å². The summed E-state index contributed by atoms with van der Waals surface area (Å²) in [6, 6.07) is 1.86. The summed E-state index contributed by atoms with van der Waals surface area (Å²) in [6.45, 7) is -0.917. The Kier molecular flexibility index (Phi) is 9.27. The number of rotatable bonds is 13. The molecular formula is C22H25F4N7O4. The van der Waals surface area contributed by atoms with Crippen molar-refractivity contribution in [3.63, 3.8) is 0 Å². The van der Waals surface area contributed by atoms with E-state index in [1.54, 1.807) is 6.08 Å². The number of benzene rings is 1. The van der Waals surface area contributed by atoms with Crippen molar-refractivity contribution in [1.29, 1.82) is 5.41 Å². The minimum Gasteiger partial charge on any atom is -0.442 e. The zero-order valence-corrected chi connectivity index (χ0v) is 19.5. The fourth-order valence-corrected chi connectivity index (χ4v) is 3.43. The third-order valence-corrected chi connectivity index (χ3v) is 5.36. The molecule has 1 aromatic carbocycles. The van der Waals surface area contributed by atoms with Crippen molar-refractivity contribution in [3.05, 3.63) is 41.8 Å². The zero-order valence-electron chi connectivity index (χ0n) is 19.5. The Morgan fingerprint density at radius 3 is 2.59 bits per heavy atom. The highest BCUT2D eigenvalue weighted by molar-refractivity contribution is 5.90. The van der Waals surface area contributed by atoms with Gasteiger partial charge in [0.25, 0.3) is 11.8 Å². The molecule has 1 aliphatic carbocycles. The molecule has 0 unspecified atom stereocenters. The number of carbonyl (C=O) groups is 3. The van der Waals surface area contributed by atoms with Crippen LogP contribution in [0.3, 0.4) is 0 Å². The van der Waals surface area contributed by atoms with Gasteiger partial charge in [0.05, 0.1) is 31.7 Å². The number of nitrogens with zero attached hydrogens (tertiary/aromatic N) is 4. The van der Waals surface area contributed by atoms with Crippen molar-refractivity contribution >= 4 is 35.6 Å². The van der Waals surface area contributed by atoms with Gasteiger partial charge in [0.1, 0.15) is 18.3 Å². The molecule has 37 heavy (non-hydrogen) atoms. The molecule has 3 amide bonds. The number of hydrazine groups is 1. The van der Waals surface area contributed by atoms with E-state index in [0.717, 1.165) is 40.4 Å². The van der Waals surface area contributed by atoms with Crippen LogP contribution in [0.1, 0.15) is 6.42 Å². The molecule has 1 saturated carbocycles. The van der Waals surface area contributed by atoms with E-state index in [0.29, 0.717) is 0 Å². The van der Waals surface area contributed by atoms with Gasteiger partial charge in [-0.05, 0) is 12.8 Å². The lowest BCUT2D eigenvalue weighted by atomic mass is 10.2. The summed E-state index contributed by atoms with van der Waals surface area (Å²) in [5.41, 5.74) is 0.456. The highest BCUT2D eigenvalue weighted by atomic mass is 19.3. The minimum absolute atomic E-state index is 0.0183. The fourth-order valence-electron chi connectivity index (χ4n) is 3.43. The van der Waals surface area contributed by atoms with E-state index in [2.05, 4.69) is 5.32 Å². The minimum atomic E-state index is -3.23. The average Bonchev–Trinajstić information content (AvgIpc) is 3.59. The van der Waals surface area contributed by atoms with Crippen LogP contribution in [0, 0.1) is 23.5 Å². The van der Waals surface area contributed by atoms with Gasteiger partial charge in [-0.2, -0.15) is 8.78 Å². The lowest BCUT2D eigenvalue weighted by molar-refractivity contribution is -0.132. The molecule has 0 aromatic heterocycles. The Bertz CT molecular complexity index is 1040. The number of nitrogens with two attached hydrogens (primary N) is 1. The van der Waals surface area contributed by atoms with Gasteiger partial charge in [-0.1, -0.05) is 11.6 Å². The van der Waals surface area contributed by atoms with Crippen LogP contribution in [-0.2, 0) is 14.3 Å². The third kappa shape index (κ3) is 7.80. The maximum absolute atomic E-state index is 15.2. The molecule has 1 saturated heterocycles. The molecule has 2 aliphatic rings. The first-order valence-corrected chi connectivity index (χ1v) is 11.1. The summed E-state index contributed by atoms with van der Waals surface area (Å²) >= 11 is 0. The Morgan fingerprint density at radius 1 is 1.32 bits per heavy atom. The Labute approximate surface area is 209 Å². The van der Waals surface area contributed by atoms with Gasteiger partial charge in [0.2, 0.25) is 0 Å². The van der Waals surface area contributed by atoms with E-state index in [9.17, 15) is 23.2 Å². The summed E-state index contributed by atoms with van der Waals surface area (Å²) in [7, 11) is 0. The van der Waals surface area contributed by atoms with E-state index in [4.69, 9.17) is 16.0 Å². The largest absolute Gasteiger partial charge is 0.442 e. The number of halogens is 4. The van der Waals surface area contributed by atoms with Gasteiger partial charge < -0.3 is 15.0 Å². The Hall–Kier alpha value is -3.88. The van der Waals surface area contributed by atoms with E-state index in [1.807, 2.05) is 11.7 Å². The van der Waals surface area contributed by atoms with Crippen molar-refractivity contribution in [2.75, 3.05) is 49.1 Å². The summed E-state index contributed by atoms with van der Waals surface area (Å²) in [5.74, 6) is 1.24. The second kappa shape index (κ2) is 12.4. The number of hydrogen-bond donors (Lipinski definition) is 3. The van der Waals surface area contributed by atoms with Crippen LogP contribution in [-0.4, -0.2) is 81.1 Å². The molecule has 2 fully saturated rings. The maximum atomic E-state index is 15.2. The zero-order chi connectivity index (χ0) is 27.1. The number of carbonyl (C=O) groups excluding carboxylic acids is 3. The highest BCUT2D eigenvalue weighted by Crippen LogP contribution is 2.32. The van der Waals surface area contributed by atoms with Crippen LogP contribution in [0.4, 0.5) is 33.7 Å². The van der Waals surface area contributed by atoms with Gasteiger partial charge in [0.15, 0.2) is 11.6 Å². The second-order valence-electron chi connectivity index (χ2n) is 8.13. The first kappa shape index (κ1) is 27.7. The predicted molar refractivity (Wildman–Crippen MR) is 124 cm³/mol. The number of nitrogens with one attached hydrogen (secondary N) is 2. The summed E-state index contributed by atoms with van der Waals surface area (Å²) < 4.78 is 60.0. The van der Waals surface area contributed by atoms with Crippen LogP contribution in [0.15, 0.2) is 23.8 Å². The maximum Gasteiger partial charge on any atom is 0.414 e. The molecular weight excluding hydrogens is 502 g/mol. The van der Waals surface area contributed by atoms with Crippen LogP contribution < -0.4 is 26.3 Å². The van der Waals surface area contributed by atoms with E-state index in [1.165, 1.54) is 4.90 Å². The number of amides is 3. The molecule has 0 spiro atoms. The molecule has 1 aromatic rings. The predicted octanol–water partition coefficient (Wildman–Crippen LogP) is 0.926. The monoisotopic (exact) mass is 527 g/mol. The topological polar surface area (TPSA) is 146 Å². The van der Waals surface area contributed by atoms with Crippen molar-refractivity contribution in [2.45, 2.75) is 19.0 Å². The highest BCUT2D eigenvalue weighted by Gasteiger charge is 2.34. The lowest BCUT2D eigenvalue weighted by Crippen LogP contribution is -2.40. The van der Waals surface area contributed by atoms with Gasteiger partial charge >= 0.3 is 12.5 Å². The van der Waals surface area contributed by atoms with Gasteiger partial charge in [-0.15, -0.1) is 0 Å². The third-order valence-electron chi connectivity index (χ3n) is 5.36. The van der Waals surface area contributed by atoms with Crippen LogP contribution >= 0.6 is 0 Å². The quantitative estimate of drug-likeness (QED) is 0.114. The van der Waals surface area contributed by atoms with Crippen molar-refractivity contribution < 1.29 is 36.7 Å². The number of ether oxygens (including phenoxy) is 1. The molecule has 200 valence electrons. The Morgan fingerprint density at radius 2 is 2.00 bits per heavy atom. The van der Waals surface area contributed by atoms with Gasteiger partial charge in [0, 0.05) is 25.2 Å². The number of anilines is 2. The van der Waals surface area contributed by atoms with Crippen molar-refractivity contribution in [3.8, 4) is 0 Å². The smallest absolute Gasteiger partial charge is 0.414 e. The molecule has 3 rings (SSSR count). The molecule has 0 bridgehead atoms. The summed E-state index contributed by atoms with van der Waals surface area (Å²) in [4.78, 5) is 37.3. The molecule has 2 radical (unpaired) electrons. The first-order valence-electron chi connectivity index (χ1n) is 11.1. The number of cyclic esters (lactones) is 1. The normalized spacial score (nSPS) is 17.6. The van der Waals surface area contributed by atoms with Crippen molar-refractivity contribution in [1.82, 2.24) is 15.6 Å². The number of alkyl halides is 2. The van der Waals surface area contributed by atoms with E-state index >= 15 is 8.78 Å². The van der Waals surface area contributed by atoms with Crippen LogP contribution in [0.25, 0.3) is 0 Å². The second-order valence-corrected chi connectivity index (χ2v) is 8.13. The standard InChI is InChI=1S/C22H25F4N7O4/c23-16-7-14(33-10-15(37-22(33)36)9-30-21(35)20(25)26)8-17(24)19(16)31(5-3-13-1-2-13)6-4-29-18(34)11-32(28)12-27/h1,3,7-8,12,15,20,27H,2,4-6,9-11,28H2,(H,30,35)/t15-/m0/s1. The van der Waals surface area contributed by atoms with Crippen LogP contribution in [0.5, 0.6) is 0 Å². The van der Waals surface area contributed by atoms with E-state index in [-0.39, 0.29) is 38.4 Å². The molecule has 1 aliphatic heterocycles. The summed E-state index contributed by atoms with van der Waals surface area (Å²) in [6.07, 6.45) is 0.0492. The molecule has 15 heteroatoms. The molecule has 11 nitrogen and oxygen atoms in total. The first-order chi connectivity index (χ1) is 17.6. The molecule has 4 N–H and O–H groups in total. The fraction of sp³-hybridized carbons (Fsp3) is 0.409. The Balaban J connectivity index is 1.69. The van der Waals surface area contributed by atoms with Crippen molar-refractivity contribution in [2.24, 2.45) is 5.84 Å². The van der Waals surface area contributed by atoms with Crippen LogP contribution in [0.2, 0.25) is 0 Å². The number of allylic oxidation sites excluding steroid dienone is 1. The summed E-state index contributed by atoms with van der Waals surface area (Å²) in [5, 5.41) is 13.5. The molecule has 1 atom stereocenters. The lowest BCUT2D eigenvalue weighted by Gasteiger charge is -2.25. The molecule has 1 heterocycles. The van der Waals surface area contributed by atoms with Gasteiger partial charge in [-0.25, -0.2) is 24.7 Å². The number of hydrogen-bond acceptors (Lipinski definition) is 7.